The summed E-state index contributed by atoms with van der Waals surface area (Å²) in [6.07, 6.45) is 15.0. The van der Waals surface area contributed by atoms with Gasteiger partial charge >= 0.3 is 0 Å². The van der Waals surface area contributed by atoms with Gasteiger partial charge in [0.2, 0.25) is 0 Å². The van der Waals surface area contributed by atoms with E-state index in [2.05, 4.69) is 89.1 Å². The molecule has 142 valence electrons. The second-order valence-electron chi connectivity index (χ2n) is 7.47. The molecule has 0 aromatic heterocycles. The summed E-state index contributed by atoms with van der Waals surface area (Å²) >= 11 is 7.51. The minimum Gasteiger partial charge on any atom is -0.372 e. The maximum Gasteiger partial charge on any atom is 0.0780 e. The van der Waals surface area contributed by atoms with Gasteiger partial charge in [-0.15, -0.1) is 23.5 Å². The van der Waals surface area contributed by atoms with Crippen molar-refractivity contribution in [1.29, 1.82) is 0 Å². The smallest absolute Gasteiger partial charge is 0.0780 e. The Bertz CT molecular complexity index is 860. The molecule has 0 bridgehead atoms. The first kappa shape index (κ1) is 19.6. The summed E-state index contributed by atoms with van der Waals surface area (Å²) in [4.78, 5) is 3.47. The van der Waals surface area contributed by atoms with Crippen molar-refractivity contribution in [2.75, 3.05) is 27.2 Å². The van der Waals surface area contributed by atoms with E-state index in [0.717, 1.165) is 13.0 Å². The first-order valence-corrected chi connectivity index (χ1v) is 11.7. The molecule has 2 unspecified atom stereocenters. The van der Waals surface area contributed by atoms with Gasteiger partial charge in [0.15, 0.2) is 0 Å². The second-order valence-corrected chi connectivity index (χ2v) is 10.5. The molecule has 0 radical (unpaired) electrons. The molecule has 1 spiro atoms. The van der Waals surface area contributed by atoms with Crippen molar-refractivity contribution in [3.63, 3.8) is 0 Å². The van der Waals surface area contributed by atoms with Crippen LogP contribution in [0, 0.1) is 0 Å². The Balaban J connectivity index is 1.63. The lowest BCUT2D eigenvalue weighted by Gasteiger charge is -2.36. The van der Waals surface area contributed by atoms with Gasteiger partial charge in [0.1, 0.15) is 0 Å². The zero-order chi connectivity index (χ0) is 19.0. The van der Waals surface area contributed by atoms with Crippen LogP contribution in [0.5, 0.6) is 0 Å². The van der Waals surface area contributed by atoms with Crippen molar-refractivity contribution in [1.82, 2.24) is 4.90 Å². The van der Waals surface area contributed by atoms with E-state index in [1.807, 2.05) is 11.8 Å². The van der Waals surface area contributed by atoms with Crippen LogP contribution in [0.15, 0.2) is 79.0 Å². The number of halogens is 1. The molecule has 27 heavy (non-hydrogen) atoms. The van der Waals surface area contributed by atoms with E-state index in [-0.39, 0.29) is 10.9 Å². The van der Waals surface area contributed by atoms with Crippen LogP contribution in [0.2, 0.25) is 0 Å². The zero-order valence-corrected chi connectivity index (χ0v) is 19.1. The van der Waals surface area contributed by atoms with E-state index < -0.39 is 0 Å². The number of rotatable bonds is 5. The number of hydrogen-bond donors (Lipinski definition) is 0. The van der Waals surface area contributed by atoms with Crippen LogP contribution in [0.1, 0.15) is 13.3 Å². The van der Waals surface area contributed by atoms with E-state index in [1.54, 1.807) is 11.8 Å². The Labute approximate surface area is 179 Å². The number of likely N-dealkylation sites (N-methyl/N-ethyl adjacent to an activating group) is 1. The normalized spacial score (nSPS) is 27.3. The number of nitrogens with zero attached hydrogens (tertiary/aromatic N) is 1. The van der Waals surface area contributed by atoms with Gasteiger partial charge in [0.25, 0.3) is 0 Å². The molecule has 0 saturated heterocycles. The Hall–Kier alpha value is -0.720. The lowest BCUT2D eigenvalue weighted by molar-refractivity contribution is 0.0661. The topological polar surface area (TPSA) is 12.5 Å². The van der Waals surface area contributed by atoms with Crippen LogP contribution >= 0.6 is 39.5 Å². The molecular formula is C22H24BrNOS2. The highest BCUT2D eigenvalue weighted by molar-refractivity contribution is 9.12. The molecule has 0 fully saturated rings. The quantitative estimate of drug-likeness (QED) is 0.501. The molecule has 4 rings (SSSR count). The maximum absolute atomic E-state index is 6.13. The van der Waals surface area contributed by atoms with Crippen LogP contribution in [0.25, 0.3) is 0 Å². The highest BCUT2D eigenvalue weighted by atomic mass is 79.9. The predicted molar refractivity (Wildman–Crippen MR) is 123 cm³/mol. The fraction of sp³-hybridized carbons (Fsp3) is 0.364. The van der Waals surface area contributed by atoms with E-state index in [1.165, 1.54) is 31.7 Å². The summed E-state index contributed by atoms with van der Waals surface area (Å²) in [5.74, 6) is 0. The van der Waals surface area contributed by atoms with Crippen LogP contribution in [-0.4, -0.2) is 43.0 Å². The van der Waals surface area contributed by atoms with Crippen LogP contribution in [0.4, 0.5) is 0 Å². The molecule has 2 nitrogen and oxygen atoms in total. The summed E-state index contributed by atoms with van der Waals surface area (Å²) < 4.78 is 7.28. The molecule has 4 aliphatic rings. The molecular weight excluding hydrogens is 438 g/mol. The van der Waals surface area contributed by atoms with E-state index in [9.17, 15) is 0 Å². The van der Waals surface area contributed by atoms with Crippen molar-refractivity contribution >= 4 is 39.5 Å². The van der Waals surface area contributed by atoms with Gasteiger partial charge in [-0.1, -0.05) is 30.4 Å². The zero-order valence-electron chi connectivity index (χ0n) is 15.9. The van der Waals surface area contributed by atoms with Crippen LogP contribution < -0.4 is 0 Å². The van der Waals surface area contributed by atoms with Crippen LogP contribution in [-0.2, 0) is 4.74 Å². The molecule has 0 N–H and O–H groups in total. The largest absolute Gasteiger partial charge is 0.372 e. The lowest BCUT2D eigenvalue weighted by Crippen LogP contribution is -2.30. The van der Waals surface area contributed by atoms with Crippen molar-refractivity contribution in [2.45, 2.75) is 24.2 Å². The third kappa shape index (κ3) is 3.77. The molecule has 0 saturated carbocycles. The average Bonchev–Trinajstić information content (AvgIpc) is 2.96. The van der Waals surface area contributed by atoms with Crippen molar-refractivity contribution in [2.24, 2.45) is 0 Å². The molecule has 0 aromatic carbocycles. The third-order valence-corrected chi connectivity index (χ3v) is 8.26. The van der Waals surface area contributed by atoms with Crippen molar-refractivity contribution < 1.29 is 4.74 Å². The Morgan fingerprint density at radius 3 is 2.89 bits per heavy atom. The third-order valence-electron chi connectivity index (χ3n) is 5.08. The minimum atomic E-state index is -0.0332. The predicted octanol–water partition coefficient (Wildman–Crippen LogP) is 5.94. The SMILES string of the molecule is CC(CN(C)C)OCC1=CC=C2C=CC3=CSC=C(Br)C3=C3C=CCC23S1. The highest BCUT2D eigenvalue weighted by Crippen LogP contribution is 2.57. The summed E-state index contributed by atoms with van der Waals surface area (Å²) in [6.45, 7) is 3.76. The summed E-state index contributed by atoms with van der Waals surface area (Å²) in [7, 11) is 4.17. The fourth-order valence-electron chi connectivity index (χ4n) is 3.94. The van der Waals surface area contributed by atoms with Gasteiger partial charge in [0.05, 0.1) is 17.5 Å². The first-order chi connectivity index (χ1) is 13.0. The van der Waals surface area contributed by atoms with Gasteiger partial charge < -0.3 is 9.64 Å². The molecule has 5 heteroatoms. The molecule has 2 atom stereocenters. The maximum atomic E-state index is 6.13. The van der Waals surface area contributed by atoms with E-state index in [0.29, 0.717) is 6.61 Å². The van der Waals surface area contributed by atoms with Gasteiger partial charge in [-0.05, 0) is 77.0 Å². The molecule has 0 amide bonds. The standard InChI is InChI=1S/C22H24BrNOS2/c1-15(11-24(2)3)25-12-18-9-8-17-7-6-16-13-26-14-20(23)21(16)19-5-4-10-22(17,19)27-18/h4-9,13-15H,10-12H2,1-3H3. The number of thioether (sulfide) groups is 2. The molecule has 2 heterocycles. The Kier molecular flexibility index (Phi) is 5.77. The monoisotopic (exact) mass is 461 g/mol. The van der Waals surface area contributed by atoms with Crippen molar-refractivity contribution in [3.8, 4) is 0 Å². The average molecular weight is 462 g/mol. The van der Waals surface area contributed by atoms with Gasteiger partial charge in [-0.3, -0.25) is 0 Å². The number of allylic oxidation sites excluding steroid dienone is 9. The number of hydrogen-bond acceptors (Lipinski definition) is 4. The van der Waals surface area contributed by atoms with E-state index in [4.69, 9.17) is 4.74 Å². The summed E-state index contributed by atoms with van der Waals surface area (Å²) in [6, 6.07) is 0. The van der Waals surface area contributed by atoms with Gasteiger partial charge in [0, 0.05) is 21.5 Å². The Morgan fingerprint density at radius 1 is 1.22 bits per heavy atom. The van der Waals surface area contributed by atoms with E-state index >= 15 is 0 Å². The number of ether oxygens (including phenoxy) is 1. The minimum absolute atomic E-state index is 0.0332. The van der Waals surface area contributed by atoms with Crippen molar-refractivity contribution in [3.05, 3.63) is 79.0 Å². The van der Waals surface area contributed by atoms with Gasteiger partial charge in [-0.2, -0.15) is 0 Å². The fourth-order valence-corrected chi connectivity index (χ4v) is 6.78. The Morgan fingerprint density at radius 2 is 2.07 bits per heavy atom. The summed E-state index contributed by atoms with van der Waals surface area (Å²) in [5, 5.41) is 4.43. The summed E-state index contributed by atoms with van der Waals surface area (Å²) in [5.41, 5.74) is 5.41. The molecule has 0 aromatic rings. The number of fused-ring (bicyclic) bond motifs is 1. The first-order valence-electron chi connectivity index (χ1n) is 9.18. The highest BCUT2D eigenvalue weighted by Gasteiger charge is 2.44. The second kappa shape index (κ2) is 7.96. The molecule has 2 aliphatic heterocycles. The molecule has 2 aliphatic carbocycles. The lowest BCUT2D eigenvalue weighted by atomic mass is 9.88. The van der Waals surface area contributed by atoms with Gasteiger partial charge in [-0.25, -0.2) is 0 Å². The van der Waals surface area contributed by atoms with Crippen LogP contribution in [0.3, 0.4) is 0 Å².